The Morgan fingerprint density at radius 1 is 1.50 bits per heavy atom. The minimum absolute atomic E-state index is 0.0889. The molecule has 0 radical (unpaired) electrons. The van der Waals surface area contributed by atoms with Crippen molar-refractivity contribution in [2.75, 3.05) is 33.4 Å². The molecule has 1 aliphatic rings. The summed E-state index contributed by atoms with van der Waals surface area (Å²) in [6.07, 6.45) is 3.49. The molecule has 0 aromatic carbocycles. The molecule has 3 unspecified atom stereocenters. The summed E-state index contributed by atoms with van der Waals surface area (Å²) in [5.74, 6) is 0. The van der Waals surface area contributed by atoms with Crippen LogP contribution in [0.4, 0.5) is 0 Å². The summed E-state index contributed by atoms with van der Waals surface area (Å²) < 4.78 is 11.1. The summed E-state index contributed by atoms with van der Waals surface area (Å²) in [6.45, 7) is 9.92. The normalized spacial score (nSPS) is 30.7. The smallest absolute Gasteiger partial charge is 0.0615 e. The molecule has 1 rings (SSSR count). The van der Waals surface area contributed by atoms with Gasteiger partial charge in [-0.25, -0.2) is 0 Å². The Morgan fingerprint density at radius 2 is 2.22 bits per heavy atom. The monoisotopic (exact) mass is 258 g/mol. The first-order valence-corrected chi connectivity index (χ1v) is 7.20. The van der Waals surface area contributed by atoms with Gasteiger partial charge >= 0.3 is 0 Å². The van der Waals surface area contributed by atoms with Crippen molar-refractivity contribution in [1.29, 1.82) is 0 Å². The molecule has 0 bridgehead atoms. The lowest BCUT2D eigenvalue weighted by Gasteiger charge is -2.50. The van der Waals surface area contributed by atoms with Crippen LogP contribution in [-0.4, -0.2) is 56.0 Å². The van der Waals surface area contributed by atoms with Crippen LogP contribution >= 0.6 is 0 Å². The lowest BCUT2D eigenvalue weighted by Crippen LogP contribution is -2.61. The maximum atomic E-state index is 6.13. The quantitative estimate of drug-likeness (QED) is 0.754. The fourth-order valence-corrected chi connectivity index (χ4v) is 3.27. The van der Waals surface area contributed by atoms with E-state index in [1.54, 1.807) is 7.11 Å². The Hall–Kier alpha value is -0.160. The van der Waals surface area contributed by atoms with Gasteiger partial charge in [0.15, 0.2) is 0 Å². The molecule has 0 aliphatic carbocycles. The van der Waals surface area contributed by atoms with Gasteiger partial charge < -0.3 is 15.2 Å². The van der Waals surface area contributed by atoms with E-state index in [1.165, 1.54) is 0 Å². The summed E-state index contributed by atoms with van der Waals surface area (Å²) in [5, 5.41) is 0. The average Bonchev–Trinajstić information content (AvgIpc) is 2.40. The van der Waals surface area contributed by atoms with Crippen LogP contribution in [-0.2, 0) is 9.47 Å². The van der Waals surface area contributed by atoms with E-state index in [1.807, 2.05) is 0 Å². The highest BCUT2D eigenvalue weighted by Crippen LogP contribution is 2.32. The standard InChI is InChI=1S/C14H30N2O2/c1-5-13-9-14(11-15,7-8-18-13)16(6-2)12(3)10-17-4/h12-13H,5-11,15H2,1-4H3. The minimum Gasteiger partial charge on any atom is -0.383 e. The van der Waals surface area contributed by atoms with Crippen molar-refractivity contribution in [1.82, 2.24) is 4.90 Å². The van der Waals surface area contributed by atoms with Crippen molar-refractivity contribution in [3.8, 4) is 0 Å². The van der Waals surface area contributed by atoms with Crippen molar-refractivity contribution in [2.24, 2.45) is 5.73 Å². The van der Waals surface area contributed by atoms with E-state index >= 15 is 0 Å². The van der Waals surface area contributed by atoms with Gasteiger partial charge in [0.05, 0.1) is 12.7 Å². The van der Waals surface area contributed by atoms with E-state index in [9.17, 15) is 0 Å². The molecular weight excluding hydrogens is 228 g/mol. The third-order valence-electron chi connectivity index (χ3n) is 4.25. The molecule has 0 spiro atoms. The molecule has 2 N–H and O–H groups in total. The lowest BCUT2D eigenvalue weighted by atomic mass is 9.83. The zero-order valence-corrected chi connectivity index (χ0v) is 12.4. The molecule has 1 saturated heterocycles. The van der Waals surface area contributed by atoms with Gasteiger partial charge in [-0.3, -0.25) is 4.90 Å². The Balaban J connectivity index is 2.82. The molecule has 0 saturated carbocycles. The van der Waals surface area contributed by atoms with Gasteiger partial charge in [0.1, 0.15) is 0 Å². The van der Waals surface area contributed by atoms with Gasteiger partial charge in [-0.15, -0.1) is 0 Å². The highest BCUT2D eigenvalue weighted by atomic mass is 16.5. The molecule has 3 atom stereocenters. The Labute approximate surface area is 112 Å². The maximum absolute atomic E-state index is 6.13. The number of hydrogen-bond donors (Lipinski definition) is 1. The Bertz CT molecular complexity index is 238. The molecule has 1 fully saturated rings. The lowest BCUT2D eigenvalue weighted by molar-refractivity contribution is -0.0881. The van der Waals surface area contributed by atoms with E-state index < -0.39 is 0 Å². The second kappa shape index (κ2) is 7.43. The first-order valence-electron chi connectivity index (χ1n) is 7.20. The Kier molecular flexibility index (Phi) is 6.57. The maximum Gasteiger partial charge on any atom is 0.0615 e. The zero-order chi connectivity index (χ0) is 13.6. The molecular formula is C14H30N2O2. The summed E-state index contributed by atoms with van der Waals surface area (Å²) in [7, 11) is 1.76. The first-order chi connectivity index (χ1) is 8.63. The van der Waals surface area contributed by atoms with Gasteiger partial charge in [-0.1, -0.05) is 13.8 Å². The summed E-state index contributed by atoms with van der Waals surface area (Å²) in [5.41, 5.74) is 6.22. The van der Waals surface area contributed by atoms with Gasteiger partial charge in [0.25, 0.3) is 0 Å². The number of ether oxygens (including phenoxy) is 2. The molecule has 0 aromatic heterocycles. The molecule has 4 heteroatoms. The van der Waals surface area contributed by atoms with Crippen LogP contribution in [0.15, 0.2) is 0 Å². The summed E-state index contributed by atoms with van der Waals surface area (Å²) in [6, 6.07) is 0.402. The van der Waals surface area contributed by atoms with E-state index in [2.05, 4.69) is 25.7 Å². The SMILES string of the molecule is CCC1CC(CN)(N(CC)C(C)COC)CCO1. The molecule has 18 heavy (non-hydrogen) atoms. The highest BCUT2D eigenvalue weighted by molar-refractivity contribution is 4.97. The van der Waals surface area contributed by atoms with Crippen molar-refractivity contribution in [2.45, 2.75) is 57.7 Å². The van der Waals surface area contributed by atoms with Gasteiger partial charge in [-0.05, 0) is 32.7 Å². The largest absolute Gasteiger partial charge is 0.383 e. The number of likely N-dealkylation sites (N-methyl/N-ethyl adjacent to an activating group) is 1. The van der Waals surface area contributed by atoms with Gasteiger partial charge in [-0.2, -0.15) is 0 Å². The third-order valence-corrected chi connectivity index (χ3v) is 4.25. The fraction of sp³-hybridized carbons (Fsp3) is 1.00. The van der Waals surface area contributed by atoms with E-state index in [0.717, 1.165) is 39.0 Å². The molecule has 1 heterocycles. The highest BCUT2D eigenvalue weighted by Gasteiger charge is 2.41. The molecule has 108 valence electrons. The third kappa shape index (κ3) is 3.44. The Morgan fingerprint density at radius 3 is 2.72 bits per heavy atom. The molecule has 0 aromatic rings. The number of nitrogens with zero attached hydrogens (tertiary/aromatic N) is 1. The van der Waals surface area contributed by atoms with Crippen LogP contribution < -0.4 is 5.73 Å². The summed E-state index contributed by atoms with van der Waals surface area (Å²) >= 11 is 0. The van der Waals surface area contributed by atoms with E-state index in [0.29, 0.717) is 18.7 Å². The predicted octanol–water partition coefficient (Wildman–Crippen LogP) is 1.63. The van der Waals surface area contributed by atoms with Crippen molar-refractivity contribution in [3.63, 3.8) is 0 Å². The van der Waals surface area contributed by atoms with Crippen molar-refractivity contribution >= 4 is 0 Å². The predicted molar refractivity (Wildman–Crippen MR) is 74.8 cm³/mol. The molecule has 0 amide bonds. The summed E-state index contributed by atoms with van der Waals surface area (Å²) in [4.78, 5) is 2.52. The molecule has 4 nitrogen and oxygen atoms in total. The van der Waals surface area contributed by atoms with E-state index in [-0.39, 0.29) is 5.54 Å². The molecule has 1 aliphatic heterocycles. The first kappa shape index (κ1) is 15.9. The van der Waals surface area contributed by atoms with Gasteiger partial charge in [0.2, 0.25) is 0 Å². The number of nitrogens with two attached hydrogens (primary N) is 1. The van der Waals surface area contributed by atoms with Crippen molar-refractivity contribution in [3.05, 3.63) is 0 Å². The number of methoxy groups -OCH3 is 1. The fourth-order valence-electron chi connectivity index (χ4n) is 3.27. The topological polar surface area (TPSA) is 47.7 Å². The number of hydrogen-bond acceptors (Lipinski definition) is 4. The average molecular weight is 258 g/mol. The van der Waals surface area contributed by atoms with Crippen LogP contribution in [0.3, 0.4) is 0 Å². The van der Waals surface area contributed by atoms with Gasteiger partial charge in [0, 0.05) is 31.8 Å². The second-order valence-electron chi connectivity index (χ2n) is 5.37. The van der Waals surface area contributed by atoms with E-state index in [4.69, 9.17) is 15.2 Å². The minimum atomic E-state index is 0.0889. The second-order valence-corrected chi connectivity index (χ2v) is 5.37. The van der Waals surface area contributed by atoms with Crippen LogP contribution in [0.2, 0.25) is 0 Å². The number of rotatable bonds is 7. The van der Waals surface area contributed by atoms with Crippen molar-refractivity contribution < 1.29 is 9.47 Å². The van der Waals surface area contributed by atoms with Crippen LogP contribution in [0, 0.1) is 0 Å². The van der Waals surface area contributed by atoms with Crippen LogP contribution in [0.1, 0.15) is 40.0 Å². The van der Waals surface area contributed by atoms with Crippen LogP contribution in [0.25, 0.3) is 0 Å². The van der Waals surface area contributed by atoms with Crippen LogP contribution in [0.5, 0.6) is 0 Å². The zero-order valence-electron chi connectivity index (χ0n) is 12.4.